The molecule has 1 atom stereocenters. The molecule has 156 valence electrons. The van der Waals surface area contributed by atoms with E-state index in [1.54, 1.807) is 35.6 Å². The number of hydrogen-bond donors (Lipinski definition) is 1. The highest BCUT2D eigenvalue weighted by Gasteiger charge is 2.21. The fourth-order valence-corrected chi connectivity index (χ4v) is 5.37. The van der Waals surface area contributed by atoms with Crippen LogP contribution in [0.1, 0.15) is 37.0 Å². The molecule has 0 radical (unpaired) electrons. The fourth-order valence-electron chi connectivity index (χ4n) is 3.44. The van der Waals surface area contributed by atoms with Crippen LogP contribution >= 0.6 is 23.1 Å². The van der Waals surface area contributed by atoms with Gasteiger partial charge in [0.25, 0.3) is 0 Å². The Morgan fingerprint density at radius 3 is 2.80 bits per heavy atom. The van der Waals surface area contributed by atoms with Crippen LogP contribution in [0.25, 0.3) is 10.3 Å². The predicted molar refractivity (Wildman–Crippen MR) is 122 cm³/mol. The molecule has 30 heavy (non-hydrogen) atoms. The summed E-state index contributed by atoms with van der Waals surface area (Å²) in [6.45, 7) is 5.82. The molecule has 1 aliphatic rings. The molecule has 3 heterocycles. The number of anilines is 2. The van der Waals surface area contributed by atoms with E-state index < -0.39 is 0 Å². The number of hydrogen-bond acceptors (Lipinski definition) is 8. The summed E-state index contributed by atoms with van der Waals surface area (Å²) in [7, 11) is 0. The lowest BCUT2D eigenvalue weighted by Gasteiger charge is -2.30. The predicted octanol–water partition coefficient (Wildman–Crippen LogP) is 4.26. The van der Waals surface area contributed by atoms with Crippen LogP contribution in [-0.4, -0.2) is 45.5 Å². The Kier molecular flexibility index (Phi) is 6.29. The summed E-state index contributed by atoms with van der Waals surface area (Å²) in [5, 5.41) is 4.61. The lowest BCUT2D eigenvalue weighted by Crippen LogP contribution is -2.34. The third kappa shape index (κ3) is 4.79. The Bertz CT molecular complexity index is 1070. The van der Waals surface area contributed by atoms with Crippen LogP contribution in [0.15, 0.2) is 35.6 Å². The van der Waals surface area contributed by atoms with Gasteiger partial charge in [0.05, 0.1) is 5.75 Å². The van der Waals surface area contributed by atoms with Crippen molar-refractivity contribution in [2.75, 3.05) is 29.1 Å². The first kappa shape index (κ1) is 20.7. The number of amides is 1. The van der Waals surface area contributed by atoms with Crippen molar-refractivity contribution in [3.8, 4) is 0 Å². The standard InChI is InChI=1S/C21H23N5O2S2/c1-13-4-3-9-26(10-13)21-25-19-18(30-21)20(23-12-22-19)29-11-17(28)24-16-7-5-15(6-8-16)14(2)27/h5-8,12-13H,3-4,9-11H2,1-2H3,(H,24,28)/t13-/m0/s1. The van der Waals surface area contributed by atoms with E-state index in [-0.39, 0.29) is 17.4 Å². The summed E-state index contributed by atoms with van der Waals surface area (Å²) in [6, 6.07) is 6.88. The van der Waals surface area contributed by atoms with Crippen molar-refractivity contribution in [2.45, 2.75) is 31.7 Å². The molecule has 1 aromatic carbocycles. The largest absolute Gasteiger partial charge is 0.348 e. The van der Waals surface area contributed by atoms with Gasteiger partial charge in [0, 0.05) is 24.3 Å². The Hall–Kier alpha value is -2.52. The van der Waals surface area contributed by atoms with Crippen LogP contribution < -0.4 is 10.2 Å². The number of thiazole rings is 1. The summed E-state index contributed by atoms with van der Waals surface area (Å²) in [4.78, 5) is 39.4. The zero-order valence-corrected chi connectivity index (χ0v) is 18.6. The number of fused-ring (bicyclic) bond motifs is 1. The number of carbonyl (C=O) groups excluding carboxylic acids is 2. The molecule has 7 nitrogen and oxygen atoms in total. The van der Waals surface area contributed by atoms with Gasteiger partial charge in [-0.15, -0.1) is 0 Å². The molecule has 1 fully saturated rings. The van der Waals surface area contributed by atoms with E-state index >= 15 is 0 Å². The second-order valence-electron chi connectivity index (χ2n) is 7.49. The van der Waals surface area contributed by atoms with Gasteiger partial charge in [0.2, 0.25) is 5.91 Å². The Labute approximate surface area is 183 Å². The minimum absolute atomic E-state index is 0.000789. The summed E-state index contributed by atoms with van der Waals surface area (Å²) in [5.41, 5.74) is 1.97. The third-order valence-corrected chi connectivity index (χ3v) is 7.22. The molecule has 3 aromatic rings. The Morgan fingerprint density at radius 1 is 1.27 bits per heavy atom. The first-order chi connectivity index (χ1) is 14.5. The summed E-state index contributed by atoms with van der Waals surface area (Å²) in [6.07, 6.45) is 3.94. The SMILES string of the molecule is CC(=O)c1ccc(NC(=O)CSc2ncnc3nc(N4CCC[C@H](C)C4)sc23)cc1. The van der Waals surface area contributed by atoms with E-state index in [1.165, 1.54) is 37.9 Å². The van der Waals surface area contributed by atoms with Gasteiger partial charge >= 0.3 is 0 Å². The van der Waals surface area contributed by atoms with Crippen molar-refractivity contribution in [1.82, 2.24) is 15.0 Å². The number of nitrogens with one attached hydrogen (secondary N) is 1. The minimum Gasteiger partial charge on any atom is -0.348 e. The van der Waals surface area contributed by atoms with E-state index in [0.717, 1.165) is 27.9 Å². The topological polar surface area (TPSA) is 88.1 Å². The first-order valence-electron chi connectivity index (χ1n) is 9.89. The van der Waals surface area contributed by atoms with Crippen LogP contribution in [0.2, 0.25) is 0 Å². The zero-order chi connectivity index (χ0) is 21.1. The Balaban J connectivity index is 1.42. The average molecular weight is 442 g/mol. The van der Waals surface area contributed by atoms with E-state index in [1.807, 2.05) is 0 Å². The molecule has 1 saturated heterocycles. The molecule has 1 aliphatic heterocycles. The number of ketones is 1. The van der Waals surface area contributed by atoms with Crippen LogP contribution in [0, 0.1) is 5.92 Å². The molecule has 4 rings (SSSR count). The summed E-state index contributed by atoms with van der Waals surface area (Å²) >= 11 is 2.98. The second kappa shape index (κ2) is 9.09. The zero-order valence-electron chi connectivity index (χ0n) is 16.9. The molecule has 0 unspecified atom stereocenters. The quantitative estimate of drug-likeness (QED) is 0.347. The summed E-state index contributed by atoms with van der Waals surface area (Å²) in [5.74, 6) is 0.768. The molecule has 2 aromatic heterocycles. The molecule has 1 amide bonds. The van der Waals surface area contributed by atoms with Gasteiger partial charge in [-0.25, -0.2) is 9.97 Å². The van der Waals surface area contributed by atoms with Crippen LogP contribution in [0.4, 0.5) is 10.8 Å². The number of aromatic nitrogens is 3. The normalized spacial score (nSPS) is 16.6. The van der Waals surface area contributed by atoms with Crippen LogP contribution in [-0.2, 0) is 4.79 Å². The highest BCUT2D eigenvalue weighted by atomic mass is 32.2. The molecule has 0 spiro atoms. The van der Waals surface area contributed by atoms with Crippen molar-refractivity contribution in [3.05, 3.63) is 36.2 Å². The summed E-state index contributed by atoms with van der Waals surface area (Å²) < 4.78 is 0.925. The fraction of sp³-hybridized carbons (Fsp3) is 0.381. The molecular weight excluding hydrogens is 418 g/mol. The highest BCUT2D eigenvalue weighted by Crippen LogP contribution is 2.35. The highest BCUT2D eigenvalue weighted by molar-refractivity contribution is 8.00. The van der Waals surface area contributed by atoms with Crippen LogP contribution in [0.3, 0.4) is 0 Å². The van der Waals surface area contributed by atoms with Gasteiger partial charge in [0.1, 0.15) is 16.1 Å². The molecular formula is C21H23N5O2S2. The number of rotatable bonds is 6. The maximum Gasteiger partial charge on any atom is 0.234 e. The van der Waals surface area contributed by atoms with E-state index in [0.29, 0.717) is 22.8 Å². The lowest BCUT2D eigenvalue weighted by molar-refractivity contribution is -0.113. The number of nitrogens with zero attached hydrogens (tertiary/aromatic N) is 4. The van der Waals surface area contributed by atoms with Gasteiger partial charge < -0.3 is 10.2 Å². The molecule has 9 heteroatoms. The maximum absolute atomic E-state index is 12.4. The molecule has 0 saturated carbocycles. The van der Waals surface area contributed by atoms with Crippen molar-refractivity contribution in [1.29, 1.82) is 0 Å². The van der Waals surface area contributed by atoms with Crippen LogP contribution in [0.5, 0.6) is 0 Å². The van der Waals surface area contributed by atoms with E-state index in [2.05, 4.69) is 27.1 Å². The van der Waals surface area contributed by atoms with Crippen molar-refractivity contribution < 1.29 is 9.59 Å². The number of thioether (sulfide) groups is 1. The monoisotopic (exact) mass is 441 g/mol. The van der Waals surface area contributed by atoms with Crippen molar-refractivity contribution in [3.63, 3.8) is 0 Å². The smallest absolute Gasteiger partial charge is 0.234 e. The van der Waals surface area contributed by atoms with E-state index in [9.17, 15) is 9.59 Å². The average Bonchev–Trinajstić information content (AvgIpc) is 3.18. The van der Waals surface area contributed by atoms with Gasteiger partial charge in [-0.3, -0.25) is 9.59 Å². The number of benzene rings is 1. The number of Topliss-reactive ketones (excluding diaryl/α,β-unsaturated/α-hetero) is 1. The first-order valence-corrected chi connectivity index (χ1v) is 11.7. The van der Waals surface area contributed by atoms with Gasteiger partial charge in [-0.1, -0.05) is 30.0 Å². The number of piperidine rings is 1. The van der Waals surface area contributed by atoms with Crippen molar-refractivity contribution in [2.24, 2.45) is 5.92 Å². The van der Waals surface area contributed by atoms with E-state index in [4.69, 9.17) is 4.98 Å². The van der Waals surface area contributed by atoms with Gasteiger partial charge in [-0.2, -0.15) is 4.98 Å². The molecule has 0 aliphatic carbocycles. The van der Waals surface area contributed by atoms with Gasteiger partial charge in [-0.05, 0) is 49.9 Å². The molecule has 1 N–H and O–H groups in total. The Morgan fingerprint density at radius 2 is 2.07 bits per heavy atom. The second-order valence-corrected chi connectivity index (χ2v) is 9.43. The third-order valence-electron chi connectivity index (χ3n) is 4.99. The lowest BCUT2D eigenvalue weighted by atomic mass is 10.0. The van der Waals surface area contributed by atoms with Gasteiger partial charge in [0.15, 0.2) is 16.6 Å². The van der Waals surface area contributed by atoms with Crippen molar-refractivity contribution >= 4 is 56.0 Å². The minimum atomic E-state index is -0.128. The molecule has 0 bridgehead atoms. The number of carbonyl (C=O) groups is 2. The maximum atomic E-state index is 12.4.